The molecule has 6 nitrogen and oxygen atoms in total. The van der Waals surface area contributed by atoms with E-state index < -0.39 is 0 Å². The highest BCUT2D eigenvalue weighted by Gasteiger charge is 2.28. The van der Waals surface area contributed by atoms with Crippen molar-refractivity contribution >= 4 is 28.6 Å². The minimum absolute atomic E-state index is 0.253. The van der Waals surface area contributed by atoms with E-state index in [0.717, 1.165) is 42.0 Å². The summed E-state index contributed by atoms with van der Waals surface area (Å²) in [4.78, 5) is 18.3. The van der Waals surface area contributed by atoms with Crippen LogP contribution in [0.25, 0.3) is 11.2 Å². The summed E-state index contributed by atoms with van der Waals surface area (Å²) in [6.07, 6.45) is 5.38. The normalized spacial score (nSPS) is 17.6. The molecule has 4 rings (SSSR count). The maximum absolute atomic E-state index is 6.23. The molecule has 1 saturated heterocycles. The van der Waals surface area contributed by atoms with Gasteiger partial charge in [0.1, 0.15) is 24.2 Å². The number of H-pyrrole nitrogens is 1. The lowest BCUT2D eigenvalue weighted by Crippen LogP contribution is -2.35. The third-order valence-electron chi connectivity index (χ3n) is 4.37. The Bertz CT molecular complexity index is 865. The summed E-state index contributed by atoms with van der Waals surface area (Å²) in [5.74, 6) is 1.62. The Kier molecular flexibility index (Phi) is 3.98. The summed E-state index contributed by atoms with van der Waals surface area (Å²) < 4.78 is 6.00. The van der Waals surface area contributed by atoms with Crippen molar-refractivity contribution in [2.45, 2.75) is 25.8 Å². The highest BCUT2D eigenvalue weighted by molar-refractivity contribution is 6.32. The smallest absolute Gasteiger partial charge is 0.182 e. The molecule has 1 atom stereocenters. The lowest BCUT2D eigenvalue weighted by atomic mass is 10.2. The zero-order valence-corrected chi connectivity index (χ0v) is 14.1. The number of anilines is 1. The van der Waals surface area contributed by atoms with Gasteiger partial charge in [0.15, 0.2) is 11.5 Å². The number of nitrogens with one attached hydrogen (secondary N) is 1. The fourth-order valence-electron chi connectivity index (χ4n) is 3.17. The van der Waals surface area contributed by atoms with Crippen LogP contribution in [0.5, 0.6) is 5.75 Å². The van der Waals surface area contributed by atoms with Crippen molar-refractivity contribution in [3.63, 3.8) is 0 Å². The molecule has 1 fully saturated rings. The van der Waals surface area contributed by atoms with Gasteiger partial charge in [0.05, 0.1) is 17.4 Å². The second-order valence-electron chi connectivity index (χ2n) is 6.03. The average Bonchev–Trinajstić information content (AvgIpc) is 3.24. The van der Waals surface area contributed by atoms with E-state index in [0.29, 0.717) is 17.3 Å². The topological polar surface area (TPSA) is 66.9 Å². The van der Waals surface area contributed by atoms with Gasteiger partial charge in [-0.1, -0.05) is 17.7 Å². The largest absolute Gasteiger partial charge is 0.490 e. The molecule has 1 N–H and O–H groups in total. The number of ether oxygens (including phenoxy) is 1. The van der Waals surface area contributed by atoms with E-state index >= 15 is 0 Å². The van der Waals surface area contributed by atoms with Crippen LogP contribution in [0, 0.1) is 6.92 Å². The number of imidazole rings is 1. The summed E-state index contributed by atoms with van der Waals surface area (Å²) in [7, 11) is 0. The van der Waals surface area contributed by atoms with E-state index in [9.17, 15) is 0 Å². The van der Waals surface area contributed by atoms with E-state index in [1.807, 2.05) is 25.1 Å². The summed E-state index contributed by atoms with van der Waals surface area (Å²) in [6.45, 7) is 3.55. The molecule has 0 aliphatic carbocycles. The number of fused-ring (bicyclic) bond motifs is 1. The van der Waals surface area contributed by atoms with Gasteiger partial charge in [0, 0.05) is 6.54 Å². The molecule has 7 heteroatoms. The molecule has 0 saturated carbocycles. The monoisotopic (exact) mass is 343 g/mol. The van der Waals surface area contributed by atoms with Crippen molar-refractivity contribution in [1.29, 1.82) is 0 Å². The SMILES string of the molecule is Cc1ccc(Cl)c(OC[C@H]2CCCN2c2ncnc3nc[nH]c23)c1. The standard InChI is InChI=1S/C17H18ClN5O/c1-11-4-5-13(18)14(7-11)24-8-12-3-2-6-23(12)17-15-16(20-9-19-15)21-10-22-17/h4-5,7,9-10,12H,2-3,6,8H2,1H3,(H,19,20,21,22)/t12-/m1/s1. The van der Waals surface area contributed by atoms with Gasteiger partial charge in [-0.3, -0.25) is 0 Å². The molecule has 1 aliphatic heterocycles. The predicted octanol–water partition coefficient (Wildman–Crippen LogP) is 3.36. The molecule has 24 heavy (non-hydrogen) atoms. The zero-order chi connectivity index (χ0) is 16.5. The number of benzene rings is 1. The number of nitrogens with zero attached hydrogens (tertiary/aromatic N) is 4. The highest BCUT2D eigenvalue weighted by atomic mass is 35.5. The zero-order valence-electron chi connectivity index (χ0n) is 13.4. The van der Waals surface area contributed by atoms with Gasteiger partial charge in [-0.05, 0) is 37.5 Å². The number of aromatic amines is 1. The van der Waals surface area contributed by atoms with E-state index in [1.54, 1.807) is 12.7 Å². The summed E-state index contributed by atoms with van der Waals surface area (Å²) in [6, 6.07) is 6.08. The molecular formula is C17H18ClN5O. The quantitative estimate of drug-likeness (QED) is 0.786. The molecule has 3 heterocycles. The molecule has 1 aliphatic rings. The van der Waals surface area contributed by atoms with Gasteiger partial charge in [-0.15, -0.1) is 0 Å². The first-order valence-electron chi connectivity index (χ1n) is 8.02. The highest BCUT2D eigenvalue weighted by Crippen LogP contribution is 2.30. The van der Waals surface area contributed by atoms with Crippen LogP contribution in [0.15, 0.2) is 30.9 Å². The Balaban J connectivity index is 1.55. The molecule has 1 aromatic carbocycles. The number of hydrogen-bond acceptors (Lipinski definition) is 5. The van der Waals surface area contributed by atoms with Crippen molar-refractivity contribution in [1.82, 2.24) is 19.9 Å². The molecule has 0 bridgehead atoms. The minimum Gasteiger partial charge on any atom is -0.490 e. The molecule has 0 unspecified atom stereocenters. The van der Waals surface area contributed by atoms with E-state index in [2.05, 4.69) is 24.8 Å². The van der Waals surface area contributed by atoms with Crippen LogP contribution in [0.4, 0.5) is 5.82 Å². The van der Waals surface area contributed by atoms with Crippen LogP contribution in [-0.4, -0.2) is 39.1 Å². The molecule has 0 amide bonds. The fourth-order valence-corrected chi connectivity index (χ4v) is 3.34. The first kappa shape index (κ1) is 15.2. The van der Waals surface area contributed by atoms with Gasteiger partial charge >= 0.3 is 0 Å². The second kappa shape index (κ2) is 6.28. The second-order valence-corrected chi connectivity index (χ2v) is 6.44. The van der Waals surface area contributed by atoms with E-state index in [1.165, 1.54) is 0 Å². The number of hydrogen-bond donors (Lipinski definition) is 1. The number of aromatic nitrogens is 4. The van der Waals surface area contributed by atoms with Crippen LogP contribution in [0.3, 0.4) is 0 Å². The molecule has 2 aromatic heterocycles. The molecule has 0 radical (unpaired) electrons. The molecule has 0 spiro atoms. The third kappa shape index (κ3) is 2.78. The van der Waals surface area contributed by atoms with Gasteiger partial charge < -0.3 is 14.6 Å². The lowest BCUT2D eigenvalue weighted by Gasteiger charge is -2.26. The van der Waals surface area contributed by atoms with Crippen LogP contribution in [0.1, 0.15) is 18.4 Å². The summed E-state index contributed by atoms with van der Waals surface area (Å²) in [5.41, 5.74) is 2.69. The summed E-state index contributed by atoms with van der Waals surface area (Å²) >= 11 is 6.23. The van der Waals surface area contributed by atoms with Crippen molar-refractivity contribution < 1.29 is 4.74 Å². The Morgan fingerprint density at radius 3 is 3.17 bits per heavy atom. The fraction of sp³-hybridized carbons (Fsp3) is 0.353. The van der Waals surface area contributed by atoms with Gasteiger partial charge in [-0.25, -0.2) is 15.0 Å². The van der Waals surface area contributed by atoms with Gasteiger partial charge in [-0.2, -0.15) is 0 Å². The molecular weight excluding hydrogens is 326 g/mol. The van der Waals surface area contributed by atoms with Crippen molar-refractivity contribution in [2.24, 2.45) is 0 Å². The number of halogens is 1. The Hall–Kier alpha value is -2.34. The maximum atomic E-state index is 6.23. The number of aryl methyl sites for hydroxylation is 1. The predicted molar refractivity (Wildman–Crippen MR) is 93.7 cm³/mol. The Morgan fingerprint density at radius 1 is 1.33 bits per heavy atom. The van der Waals surface area contributed by atoms with Gasteiger partial charge in [0.25, 0.3) is 0 Å². The van der Waals surface area contributed by atoms with E-state index in [4.69, 9.17) is 16.3 Å². The maximum Gasteiger partial charge on any atom is 0.182 e. The van der Waals surface area contributed by atoms with Crippen LogP contribution >= 0.6 is 11.6 Å². The van der Waals surface area contributed by atoms with Crippen LogP contribution in [-0.2, 0) is 0 Å². The molecule has 124 valence electrons. The third-order valence-corrected chi connectivity index (χ3v) is 4.68. The first-order valence-corrected chi connectivity index (χ1v) is 8.40. The first-order chi connectivity index (χ1) is 11.7. The Labute approximate surface area is 144 Å². The van der Waals surface area contributed by atoms with Crippen molar-refractivity contribution in [2.75, 3.05) is 18.1 Å². The van der Waals surface area contributed by atoms with Crippen molar-refractivity contribution in [3.8, 4) is 5.75 Å². The molecule has 3 aromatic rings. The van der Waals surface area contributed by atoms with Crippen LogP contribution < -0.4 is 9.64 Å². The minimum atomic E-state index is 0.253. The van der Waals surface area contributed by atoms with Crippen molar-refractivity contribution in [3.05, 3.63) is 41.4 Å². The summed E-state index contributed by atoms with van der Waals surface area (Å²) in [5, 5.41) is 0.642. The average molecular weight is 344 g/mol. The Morgan fingerprint density at radius 2 is 2.25 bits per heavy atom. The van der Waals surface area contributed by atoms with Crippen LogP contribution in [0.2, 0.25) is 5.02 Å². The lowest BCUT2D eigenvalue weighted by molar-refractivity contribution is 0.288. The number of rotatable bonds is 4. The van der Waals surface area contributed by atoms with E-state index in [-0.39, 0.29) is 6.04 Å². The van der Waals surface area contributed by atoms with Gasteiger partial charge in [0.2, 0.25) is 0 Å².